The summed E-state index contributed by atoms with van der Waals surface area (Å²) >= 11 is 0. The molecule has 59 heavy (non-hydrogen) atoms. The number of nitrogens with zero attached hydrogens (tertiary/aromatic N) is 1. The minimum Gasteiger partial charge on any atom is -0.310 e. The molecule has 0 atom stereocenters. The van der Waals surface area contributed by atoms with E-state index in [1.54, 1.807) is 0 Å². The van der Waals surface area contributed by atoms with Crippen LogP contribution in [0.1, 0.15) is 0 Å². The maximum atomic E-state index is 2.43. The van der Waals surface area contributed by atoms with Gasteiger partial charge >= 0.3 is 0 Å². The number of hydrogen-bond acceptors (Lipinski definition) is 1. The Morgan fingerprint density at radius 2 is 0.695 bits per heavy atom. The fourth-order valence-electron chi connectivity index (χ4n) is 8.99. The molecule has 0 saturated carbocycles. The molecule has 11 aromatic rings. The smallest absolute Gasteiger partial charge is 0.0540 e. The fraction of sp³-hybridized carbons (Fsp3) is 0. The van der Waals surface area contributed by atoms with Crippen molar-refractivity contribution in [1.82, 2.24) is 0 Å². The minimum atomic E-state index is 1.10. The summed E-state index contributed by atoms with van der Waals surface area (Å²) in [6.45, 7) is 0. The lowest BCUT2D eigenvalue weighted by atomic mass is 9.85. The second-order valence-corrected chi connectivity index (χ2v) is 15.3. The summed E-state index contributed by atoms with van der Waals surface area (Å²) in [5, 5.41) is 9.90. The van der Waals surface area contributed by atoms with Crippen molar-refractivity contribution in [3.8, 4) is 44.5 Å². The highest BCUT2D eigenvalue weighted by atomic mass is 15.1. The Morgan fingerprint density at radius 1 is 0.220 bits per heavy atom. The third-order valence-electron chi connectivity index (χ3n) is 11.8. The predicted octanol–water partition coefficient (Wildman–Crippen LogP) is 16.4. The van der Waals surface area contributed by atoms with Crippen LogP contribution in [0.15, 0.2) is 237 Å². The van der Waals surface area contributed by atoms with Crippen molar-refractivity contribution < 1.29 is 0 Å². The SMILES string of the molecule is c1ccc(-c2c(-c3ccccc3)c3cc(N(c4ccc(-c5ccc(-c6ccc7ccccc7c6)cc5)cc4)c4cccc5ccccc45)ccc3c3ccccc23)cc1. The largest absolute Gasteiger partial charge is 0.310 e. The molecule has 0 aromatic heterocycles. The quantitative estimate of drug-likeness (QED) is 0.147. The van der Waals surface area contributed by atoms with E-state index in [2.05, 4.69) is 241 Å². The monoisotopic (exact) mass is 749 g/mol. The lowest BCUT2D eigenvalue weighted by Gasteiger charge is -2.28. The molecule has 0 aliphatic carbocycles. The molecule has 0 aliphatic heterocycles. The second-order valence-electron chi connectivity index (χ2n) is 15.3. The van der Waals surface area contributed by atoms with Gasteiger partial charge in [0.1, 0.15) is 0 Å². The van der Waals surface area contributed by atoms with Gasteiger partial charge in [0.25, 0.3) is 0 Å². The summed E-state index contributed by atoms with van der Waals surface area (Å²) in [5.41, 5.74) is 13.1. The third kappa shape index (κ3) is 6.21. The van der Waals surface area contributed by atoms with Gasteiger partial charge in [-0.15, -0.1) is 0 Å². The molecule has 0 heterocycles. The summed E-state index contributed by atoms with van der Waals surface area (Å²) < 4.78 is 0. The van der Waals surface area contributed by atoms with Crippen LogP contribution >= 0.6 is 0 Å². The Balaban J connectivity index is 1.08. The van der Waals surface area contributed by atoms with E-state index in [9.17, 15) is 0 Å². The molecular formula is C58H39N. The molecule has 0 spiro atoms. The van der Waals surface area contributed by atoms with E-state index in [0.29, 0.717) is 0 Å². The Hall–Kier alpha value is -7.74. The van der Waals surface area contributed by atoms with Gasteiger partial charge in [-0.3, -0.25) is 0 Å². The average molecular weight is 750 g/mol. The first-order valence-corrected chi connectivity index (χ1v) is 20.3. The molecule has 1 nitrogen and oxygen atoms in total. The Kier molecular flexibility index (Phi) is 8.56. The molecule has 0 fully saturated rings. The molecule has 0 aliphatic rings. The molecule has 0 amide bonds. The van der Waals surface area contributed by atoms with Crippen LogP contribution in [0.4, 0.5) is 17.1 Å². The molecule has 0 saturated heterocycles. The first-order chi connectivity index (χ1) is 29.3. The van der Waals surface area contributed by atoms with E-state index in [1.165, 1.54) is 87.6 Å². The molecule has 11 aromatic carbocycles. The topological polar surface area (TPSA) is 3.24 Å². The maximum Gasteiger partial charge on any atom is 0.0540 e. The zero-order valence-electron chi connectivity index (χ0n) is 32.5. The van der Waals surface area contributed by atoms with Gasteiger partial charge in [-0.1, -0.05) is 200 Å². The van der Waals surface area contributed by atoms with Crippen molar-refractivity contribution in [2.45, 2.75) is 0 Å². The van der Waals surface area contributed by atoms with Gasteiger partial charge in [0.15, 0.2) is 0 Å². The number of rotatable bonds is 7. The summed E-state index contributed by atoms with van der Waals surface area (Å²) in [7, 11) is 0. The van der Waals surface area contributed by atoms with E-state index >= 15 is 0 Å². The molecule has 0 N–H and O–H groups in total. The Labute approximate surface area is 344 Å². The summed E-state index contributed by atoms with van der Waals surface area (Å²) in [5.74, 6) is 0. The molecule has 11 rings (SSSR count). The molecular weight excluding hydrogens is 711 g/mol. The van der Waals surface area contributed by atoms with Crippen molar-refractivity contribution >= 4 is 60.2 Å². The summed E-state index contributed by atoms with van der Waals surface area (Å²) in [6.07, 6.45) is 0. The first-order valence-electron chi connectivity index (χ1n) is 20.3. The molecule has 276 valence electrons. The number of anilines is 3. The normalized spacial score (nSPS) is 11.4. The number of hydrogen-bond donors (Lipinski definition) is 0. The van der Waals surface area contributed by atoms with E-state index < -0.39 is 0 Å². The number of benzene rings is 11. The Bertz CT molecular complexity index is 3290. The van der Waals surface area contributed by atoms with Crippen molar-refractivity contribution in [3.63, 3.8) is 0 Å². The molecule has 1 heteroatoms. The van der Waals surface area contributed by atoms with Gasteiger partial charge < -0.3 is 4.90 Å². The molecule has 0 radical (unpaired) electrons. The van der Waals surface area contributed by atoms with Crippen LogP contribution in [-0.2, 0) is 0 Å². The van der Waals surface area contributed by atoms with Crippen LogP contribution in [0.25, 0.3) is 87.6 Å². The van der Waals surface area contributed by atoms with Gasteiger partial charge in [0.2, 0.25) is 0 Å². The van der Waals surface area contributed by atoms with Crippen LogP contribution in [0.5, 0.6) is 0 Å². The fourth-order valence-corrected chi connectivity index (χ4v) is 8.99. The van der Waals surface area contributed by atoms with Crippen LogP contribution in [0.2, 0.25) is 0 Å². The lowest BCUT2D eigenvalue weighted by molar-refractivity contribution is 1.30. The standard InChI is InChI=1S/C58H39N/c1-3-16-45(17-4-1)57-54-24-12-11-23-52(54)53-37-36-50(39-55(53)58(57)46-18-5-2-6-19-46)59(56-25-13-21-44-15-9-10-22-51(44)56)49-34-32-42(33-35-49)41-26-28-43(29-27-41)48-31-30-40-14-7-8-20-47(40)38-48/h1-39H. The molecule has 0 bridgehead atoms. The van der Waals surface area contributed by atoms with Gasteiger partial charge in [0, 0.05) is 16.8 Å². The first kappa shape index (κ1) is 34.5. The van der Waals surface area contributed by atoms with E-state index in [0.717, 1.165) is 17.1 Å². The van der Waals surface area contributed by atoms with E-state index in [4.69, 9.17) is 0 Å². The summed E-state index contributed by atoms with van der Waals surface area (Å²) in [6, 6.07) is 86.3. The highest BCUT2D eigenvalue weighted by Gasteiger charge is 2.21. The average Bonchev–Trinajstić information content (AvgIpc) is 3.32. The highest BCUT2D eigenvalue weighted by molar-refractivity contribution is 6.22. The van der Waals surface area contributed by atoms with E-state index in [-0.39, 0.29) is 0 Å². The predicted molar refractivity (Wildman–Crippen MR) is 253 cm³/mol. The summed E-state index contributed by atoms with van der Waals surface area (Å²) in [4.78, 5) is 2.43. The molecule has 0 unspecified atom stereocenters. The van der Waals surface area contributed by atoms with Crippen molar-refractivity contribution in [2.75, 3.05) is 4.90 Å². The van der Waals surface area contributed by atoms with Crippen LogP contribution in [-0.4, -0.2) is 0 Å². The Morgan fingerprint density at radius 3 is 1.39 bits per heavy atom. The van der Waals surface area contributed by atoms with Crippen molar-refractivity contribution in [3.05, 3.63) is 237 Å². The maximum absolute atomic E-state index is 2.43. The minimum absolute atomic E-state index is 1.10. The highest BCUT2D eigenvalue weighted by Crippen LogP contribution is 2.47. The van der Waals surface area contributed by atoms with Gasteiger partial charge in [0.05, 0.1) is 5.69 Å². The lowest BCUT2D eigenvalue weighted by Crippen LogP contribution is -2.10. The van der Waals surface area contributed by atoms with Gasteiger partial charge in [-0.05, 0) is 119 Å². The van der Waals surface area contributed by atoms with Crippen LogP contribution < -0.4 is 4.90 Å². The number of fused-ring (bicyclic) bond motifs is 5. The van der Waals surface area contributed by atoms with Crippen molar-refractivity contribution in [1.29, 1.82) is 0 Å². The van der Waals surface area contributed by atoms with Gasteiger partial charge in [-0.25, -0.2) is 0 Å². The zero-order valence-corrected chi connectivity index (χ0v) is 32.5. The van der Waals surface area contributed by atoms with Crippen LogP contribution in [0.3, 0.4) is 0 Å². The van der Waals surface area contributed by atoms with E-state index in [1.807, 2.05) is 0 Å². The van der Waals surface area contributed by atoms with Crippen molar-refractivity contribution in [2.24, 2.45) is 0 Å². The van der Waals surface area contributed by atoms with Gasteiger partial charge in [-0.2, -0.15) is 0 Å². The van der Waals surface area contributed by atoms with Crippen LogP contribution in [0, 0.1) is 0 Å². The zero-order chi connectivity index (χ0) is 39.1. The second kappa shape index (κ2) is 14.6. The third-order valence-corrected chi connectivity index (χ3v) is 11.8.